The number of hydrogen-bond acceptors (Lipinski definition) is 1. The number of piperidine rings is 2. The highest BCUT2D eigenvalue weighted by Gasteiger charge is 2.42. The van der Waals surface area contributed by atoms with E-state index in [0.717, 1.165) is 17.8 Å². The first-order valence-corrected chi connectivity index (χ1v) is 5.68. The molecule has 0 amide bonds. The molecule has 1 heterocycles. The maximum atomic E-state index is 3.50. The van der Waals surface area contributed by atoms with Crippen LogP contribution in [0.1, 0.15) is 12.0 Å². The lowest BCUT2D eigenvalue weighted by Gasteiger charge is -2.50. The lowest BCUT2D eigenvalue weighted by atomic mass is 9.60. The van der Waals surface area contributed by atoms with E-state index in [1.54, 1.807) is 0 Å². The van der Waals surface area contributed by atoms with Crippen molar-refractivity contribution in [2.45, 2.75) is 12.8 Å². The van der Waals surface area contributed by atoms with E-state index in [1.807, 2.05) is 0 Å². The Kier molecular flexibility index (Phi) is 2.06. The molecule has 2 unspecified atom stereocenters. The molecule has 2 atom stereocenters. The summed E-state index contributed by atoms with van der Waals surface area (Å²) in [7, 11) is 0. The Morgan fingerprint density at radius 3 is 2.43 bits per heavy atom. The molecule has 0 radical (unpaired) electrons. The van der Waals surface area contributed by atoms with Crippen LogP contribution in [0.3, 0.4) is 0 Å². The molecule has 1 aliphatic carbocycles. The lowest BCUT2D eigenvalue weighted by Crippen LogP contribution is -2.53. The van der Waals surface area contributed by atoms with E-state index in [0.29, 0.717) is 0 Å². The smallest absolute Gasteiger partial charge is 0.00174 e. The molecular weight excluding hydrogens is 170 g/mol. The predicted octanol–water partition coefficient (Wildman–Crippen LogP) is 2.08. The largest absolute Gasteiger partial charge is 0.316 e. The van der Waals surface area contributed by atoms with Crippen molar-refractivity contribution >= 4 is 0 Å². The zero-order chi connectivity index (χ0) is 9.38. The molecule has 1 aliphatic heterocycles. The standard InChI is InChI=1S/C13H17N/c1-2-4-10(5-3-1)6-13-11-7-12(13)9-14-8-11/h1-5,11-14H,6-9H2. The van der Waals surface area contributed by atoms with Crippen LogP contribution in [0, 0.1) is 17.8 Å². The fourth-order valence-electron chi connectivity index (χ4n) is 3.07. The first-order valence-electron chi connectivity index (χ1n) is 5.68. The van der Waals surface area contributed by atoms with Gasteiger partial charge in [0.05, 0.1) is 0 Å². The molecule has 2 fully saturated rings. The highest BCUT2D eigenvalue weighted by molar-refractivity contribution is 5.17. The molecule has 2 aliphatic rings. The maximum Gasteiger partial charge on any atom is -0.00174 e. The second-order valence-corrected chi connectivity index (χ2v) is 4.77. The minimum Gasteiger partial charge on any atom is -0.316 e. The van der Waals surface area contributed by atoms with Gasteiger partial charge in [-0.1, -0.05) is 30.3 Å². The number of fused-ring (bicyclic) bond motifs is 2. The number of hydrogen-bond donors (Lipinski definition) is 1. The van der Waals surface area contributed by atoms with Gasteiger partial charge >= 0.3 is 0 Å². The Hall–Kier alpha value is -0.820. The van der Waals surface area contributed by atoms with Crippen molar-refractivity contribution in [2.75, 3.05) is 13.1 Å². The van der Waals surface area contributed by atoms with E-state index >= 15 is 0 Å². The third-order valence-electron chi connectivity index (χ3n) is 3.94. The number of rotatable bonds is 2. The van der Waals surface area contributed by atoms with Gasteiger partial charge in [-0.15, -0.1) is 0 Å². The van der Waals surface area contributed by atoms with Crippen molar-refractivity contribution in [3.63, 3.8) is 0 Å². The van der Waals surface area contributed by atoms with E-state index in [9.17, 15) is 0 Å². The summed E-state index contributed by atoms with van der Waals surface area (Å²) in [6.07, 6.45) is 2.78. The molecule has 0 spiro atoms. The van der Waals surface area contributed by atoms with Crippen LogP contribution in [0.4, 0.5) is 0 Å². The summed E-state index contributed by atoms with van der Waals surface area (Å²) >= 11 is 0. The molecule has 14 heavy (non-hydrogen) atoms. The van der Waals surface area contributed by atoms with Crippen LogP contribution in [-0.4, -0.2) is 13.1 Å². The molecule has 1 aromatic rings. The van der Waals surface area contributed by atoms with Gasteiger partial charge in [0.2, 0.25) is 0 Å². The van der Waals surface area contributed by atoms with Crippen LogP contribution < -0.4 is 5.32 Å². The van der Waals surface area contributed by atoms with Crippen LogP contribution in [0.5, 0.6) is 0 Å². The topological polar surface area (TPSA) is 12.0 Å². The molecule has 1 heteroatoms. The van der Waals surface area contributed by atoms with Gasteiger partial charge in [0.1, 0.15) is 0 Å². The van der Waals surface area contributed by atoms with E-state index < -0.39 is 0 Å². The highest BCUT2D eigenvalue weighted by Crippen LogP contribution is 2.44. The van der Waals surface area contributed by atoms with Crippen molar-refractivity contribution < 1.29 is 0 Å². The molecule has 1 N–H and O–H groups in total. The van der Waals surface area contributed by atoms with Crippen molar-refractivity contribution in [3.05, 3.63) is 35.9 Å². The van der Waals surface area contributed by atoms with Crippen LogP contribution in [0.25, 0.3) is 0 Å². The normalized spacial score (nSPS) is 35.0. The Bertz CT molecular complexity index is 292. The molecule has 1 saturated heterocycles. The van der Waals surface area contributed by atoms with Crippen molar-refractivity contribution in [2.24, 2.45) is 17.8 Å². The van der Waals surface area contributed by atoms with Crippen molar-refractivity contribution in [1.29, 1.82) is 0 Å². The zero-order valence-corrected chi connectivity index (χ0v) is 8.45. The SMILES string of the molecule is c1ccc(CC2C3CNCC2C3)cc1. The van der Waals surface area contributed by atoms with E-state index in [-0.39, 0.29) is 0 Å². The summed E-state index contributed by atoms with van der Waals surface area (Å²) in [6, 6.07) is 10.9. The van der Waals surface area contributed by atoms with Crippen molar-refractivity contribution in [1.82, 2.24) is 5.32 Å². The first-order chi connectivity index (χ1) is 6.93. The fraction of sp³-hybridized carbons (Fsp3) is 0.538. The summed E-state index contributed by atoms with van der Waals surface area (Å²) in [6.45, 7) is 2.52. The summed E-state index contributed by atoms with van der Waals surface area (Å²) in [5, 5.41) is 3.50. The second kappa shape index (κ2) is 3.39. The third-order valence-corrected chi connectivity index (χ3v) is 3.94. The Morgan fingerprint density at radius 2 is 1.79 bits per heavy atom. The lowest BCUT2D eigenvalue weighted by molar-refractivity contribution is 0.0319. The molecule has 3 rings (SSSR count). The fourth-order valence-corrected chi connectivity index (χ4v) is 3.07. The maximum absolute atomic E-state index is 3.50. The van der Waals surface area contributed by atoms with E-state index in [2.05, 4.69) is 35.6 Å². The third kappa shape index (κ3) is 1.36. The van der Waals surface area contributed by atoms with Crippen LogP contribution in [-0.2, 0) is 6.42 Å². The molecule has 1 aromatic carbocycles. The molecule has 1 saturated carbocycles. The van der Waals surface area contributed by atoms with Crippen molar-refractivity contribution in [3.8, 4) is 0 Å². The average Bonchev–Trinajstić information content (AvgIpc) is 2.28. The minimum absolute atomic E-state index is 0.967. The highest BCUT2D eigenvalue weighted by atomic mass is 14.9. The summed E-state index contributed by atoms with van der Waals surface area (Å²) in [4.78, 5) is 0. The van der Waals surface area contributed by atoms with Gasteiger partial charge in [-0.25, -0.2) is 0 Å². The van der Waals surface area contributed by atoms with Gasteiger partial charge in [0, 0.05) is 0 Å². The number of nitrogens with one attached hydrogen (secondary N) is 1. The van der Waals surface area contributed by atoms with Gasteiger partial charge < -0.3 is 5.32 Å². The summed E-state index contributed by atoms with van der Waals surface area (Å²) in [5.74, 6) is 2.90. The quantitative estimate of drug-likeness (QED) is 0.747. The summed E-state index contributed by atoms with van der Waals surface area (Å²) < 4.78 is 0. The molecule has 2 bridgehead atoms. The van der Waals surface area contributed by atoms with Gasteiger partial charge in [-0.2, -0.15) is 0 Å². The predicted molar refractivity (Wildman–Crippen MR) is 58.1 cm³/mol. The molecular formula is C13H17N. The van der Waals surface area contributed by atoms with Crippen LogP contribution in [0.2, 0.25) is 0 Å². The molecule has 1 nitrogen and oxygen atoms in total. The molecule has 74 valence electrons. The average molecular weight is 187 g/mol. The van der Waals surface area contributed by atoms with Gasteiger partial charge in [-0.05, 0) is 49.2 Å². The number of benzene rings is 1. The Morgan fingerprint density at radius 1 is 1.07 bits per heavy atom. The monoisotopic (exact) mass is 187 g/mol. The van der Waals surface area contributed by atoms with Gasteiger partial charge in [0.25, 0.3) is 0 Å². The van der Waals surface area contributed by atoms with Crippen LogP contribution in [0.15, 0.2) is 30.3 Å². The van der Waals surface area contributed by atoms with Crippen LogP contribution >= 0.6 is 0 Å². The van der Waals surface area contributed by atoms with E-state index in [4.69, 9.17) is 0 Å². The molecule has 0 aromatic heterocycles. The van der Waals surface area contributed by atoms with Gasteiger partial charge in [0.15, 0.2) is 0 Å². The zero-order valence-electron chi connectivity index (χ0n) is 8.45. The minimum atomic E-state index is 0.967. The summed E-state index contributed by atoms with van der Waals surface area (Å²) in [5.41, 5.74) is 1.52. The van der Waals surface area contributed by atoms with E-state index in [1.165, 1.54) is 31.5 Å². The Labute approximate surface area is 85.5 Å². The van der Waals surface area contributed by atoms with Gasteiger partial charge in [-0.3, -0.25) is 0 Å². The first kappa shape index (κ1) is 8.49. The Balaban J connectivity index is 1.68. The second-order valence-electron chi connectivity index (χ2n) is 4.77.